The Morgan fingerprint density at radius 1 is 0.400 bits per heavy atom. The highest BCUT2D eigenvalue weighted by molar-refractivity contribution is 6.14. The van der Waals surface area contributed by atoms with Crippen LogP contribution in [-0.4, -0.2) is 4.57 Å². The van der Waals surface area contributed by atoms with Crippen molar-refractivity contribution in [1.29, 1.82) is 0 Å². The maximum Gasteiger partial charge on any atom is 0.133 e. The molecule has 1 aromatic heterocycles. The molecule has 2 heterocycles. The van der Waals surface area contributed by atoms with Gasteiger partial charge in [-0.3, -0.25) is 0 Å². The van der Waals surface area contributed by atoms with Gasteiger partial charge < -0.3 is 14.2 Å². The van der Waals surface area contributed by atoms with Gasteiger partial charge in [0.05, 0.1) is 22.1 Å². The zero-order valence-electron chi connectivity index (χ0n) is 36.2. The quantitative estimate of drug-likeness (QED) is 0.166. The first-order valence-corrected chi connectivity index (χ1v) is 22.6. The number of hydrogen-bond donors (Lipinski definition) is 0. The van der Waals surface area contributed by atoms with E-state index in [2.05, 4.69) is 254 Å². The largest absolute Gasteiger partial charge is 0.457 e. The second kappa shape index (κ2) is 14.2. The molecule has 0 radical (unpaired) electrons. The second-order valence-corrected chi connectivity index (χ2v) is 18.1. The number of anilines is 3. The smallest absolute Gasteiger partial charge is 0.133 e. The lowest BCUT2D eigenvalue weighted by molar-refractivity contribution is 0.418. The van der Waals surface area contributed by atoms with E-state index in [1.54, 1.807) is 0 Å². The van der Waals surface area contributed by atoms with E-state index in [1.807, 2.05) is 0 Å². The van der Waals surface area contributed by atoms with Crippen LogP contribution in [0.3, 0.4) is 0 Å². The maximum absolute atomic E-state index is 6.88. The third-order valence-corrected chi connectivity index (χ3v) is 14.3. The van der Waals surface area contributed by atoms with Crippen LogP contribution < -0.4 is 9.64 Å². The fourth-order valence-corrected chi connectivity index (χ4v) is 11.4. The van der Waals surface area contributed by atoms with Gasteiger partial charge in [0.1, 0.15) is 11.5 Å². The monoisotopic (exact) mass is 832 g/mol. The Morgan fingerprint density at radius 2 is 0.938 bits per heavy atom. The highest BCUT2D eigenvalue weighted by Gasteiger charge is 2.48. The Bertz CT molecular complexity index is 3630. The highest BCUT2D eigenvalue weighted by Crippen LogP contribution is 2.59. The maximum atomic E-state index is 6.88. The summed E-state index contributed by atoms with van der Waals surface area (Å²) in [5.74, 6) is 1.77. The van der Waals surface area contributed by atoms with Crippen molar-refractivity contribution in [2.45, 2.75) is 24.7 Å². The van der Waals surface area contributed by atoms with Crippen molar-refractivity contribution < 1.29 is 4.74 Å². The molecule has 308 valence electrons. The van der Waals surface area contributed by atoms with Gasteiger partial charge in [0.15, 0.2) is 0 Å². The predicted octanol–water partition coefficient (Wildman–Crippen LogP) is 16.2. The number of aromatic nitrogens is 1. The van der Waals surface area contributed by atoms with Crippen LogP contribution in [0.25, 0.3) is 49.4 Å². The number of benzene rings is 10. The molecule has 11 aromatic rings. The molecule has 2 aliphatic rings. The van der Waals surface area contributed by atoms with Crippen molar-refractivity contribution in [1.82, 2.24) is 4.57 Å². The van der Waals surface area contributed by atoms with Gasteiger partial charge in [-0.1, -0.05) is 184 Å². The Labute approximate surface area is 379 Å². The minimum absolute atomic E-state index is 0.251. The molecule has 0 atom stereocenters. The first kappa shape index (κ1) is 37.4. The topological polar surface area (TPSA) is 17.4 Å². The molecular formula is C62H44N2O. The lowest BCUT2D eigenvalue weighted by Gasteiger charge is -2.39. The number of para-hydroxylation sites is 3. The van der Waals surface area contributed by atoms with E-state index < -0.39 is 5.41 Å². The van der Waals surface area contributed by atoms with E-state index in [4.69, 9.17) is 4.74 Å². The SMILES string of the molecule is CC1(C)c2ccccc2Oc2cc(N(c3ccc4c5cc6ccccc6cc5n(-c5ccccc5)c4c3)c3ccccc3C3(c4ccccc4)c4ccccc4-c4ccccc43)ccc21. The standard InChI is InChI=1S/C62H44N2O/c1-61(2)54-30-16-18-32-59(54)65-60-40-46(34-36-55(60)61)63(45-33-35-49-50-37-41-19-9-10-20-42(41)38-57(50)64(58(49)39-45)44-23-7-4-8-24-44)56-31-17-15-29-53(56)62(43-21-5-3-6-22-43)51-27-13-11-25-47(51)48-26-12-14-28-52(48)62/h3-40H,1-2H3. The fraction of sp³-hybridized carbons (Fsp3) is 0.0645. The van der Waals surface area contributed by atoms with E-state index in [1.165, 1.54) is 71.6 Å². The van der Waals surface area contributed by atoms with Crippen molar-refractivity contribution in [2.24, 2.45) is 0 Å². The van der Waals surface area contributed by atoms with Crippen molar-refractivity contribution in [2.75, 3.05) is 4.90 Å². The number of rotatable bonds is 6. The normalized spacial score (nSPS) is 14.1. The van der Waals surface area contributed by atoms with Gasteiger partial charge >= 0.3 is 0 Å². The molecule has 0 fully saturated rings. The van der Waals surface area contributed by atoms with Gasteiger partial charge in [-0.2, -0.15) is 0 Å². The van der Waals surface area contributed by atoms with Crippen molar-refractivity contribution in [3.8, 4) is 28.3 Å². The summed E-state index contributed by atoms with van der Waals surface area (Å²) in [6, 6.07) is 84.7. The van der Waals surface area contributed by atoms with Crippen molar-refractivity contribution in [3.05, 3.63) is 264 Å². The Kier molecular flexibility index (Phi) is 8.17. The molecule has 1 aliphatic heterocycles. The molecule has 0 bridgehead atoms. The molecule has 3 heteroatoms. The summed E-state index contributed by atoms with van der Waals surface area (Å²) in [7, 11) is 0. The number of ether oxygens (including phenoxy) is 1. The molecule has 13 rings (SSSR count). The van der Waals surface area contributed by atoms with E-state index in [-0.39, 0.29) is 5.41 Å². The third-order valence-electron chi connectivity index (χ3n) is 14.3. The number of nitrogens with zero attached hydrogens (tertiary/aromatic N) is 2. The molecule has 0 spiro atoms. The summed E-state index contributed by atoms with van der Waals surface area (Å²) in [6.07, 6.45) is 0. The van der Waals surface area contributed by atoms with Crippen LogP contribution in [-0.2, 0) is 10.8 Å². The molecule has 0 N–H and O–H groups in total. The zero-order valence-corrected chi connectivity index (χ0v) is 36.2. The molecule has 0 unspecified atom stereocenters. The Morgan fingerprint density at radius 3 is 1.68 bits per heavy atom. The first-order chi connectivity index (χ1) is 32.0. The van der Waals surface area contributed by atoms with Crippen LogP contribution in [0.1, 0.15) is 47.2 Å². The van der Waals surface area contributed by atoms with Crippen molar-refractivity contribution in [3.63, 3.8) is 0 Å². The van der Waals surface area contributed by atoms with Crippen LogP contribution in [0.5, 0.6) is 11.5 Å². The zero-order chi connectivity index (χ0) is 43.3. The molecule has 1 aliphatic carbocycles. The van der Waals surface area contributed by atoms with Crippen molar-refractivity contribution >= 4 is 49.6 Å². The van der Waals surface area contributed by atoms with E-state index in [0.717, 1.165) is 39.8 Å². The molecule has 0 amide bonds. The molecule has 65 heavy (non-hydrogen) atoms. The lowest BCUT2D eigenvalue weighted by Crippen LogP contribution is -2.30. The van der Waals surface area contributed by atoms with E-state index in [9.17, 15) is 0 Å². The molecule has 3 nitrogen and oxygen atoms in total. The summed E-state index contributed by atoms with van der Waals surface area (Å²) in [6.45, 7) is 4.61. The summed E-state index contributed by atoms with van der Waals surface area (Å²) in [5, 5.41) is 4.88. The van der Waals surface area contributed by atoms with Gasteiger partial charge in [-0.05, 0) is 98.8 Å². The molecule has 0 saturated carbocycles. The fourth-order valence-electron chi connectivity index (χ4n) is 11.4. The molecule has 10 aromatic carbocycles. The van der Waals surface area contributed by atoms with Crippen LogP contribution in [0.15, 0.2) is 231 Å². The van der Waals surface area contributed by atoms with E-state index >= 15 is 0 Å². The molecule has 0 saturated heterocycles. The molecular weight excluding hydrogens is 789 g/mol. The summed E-state index contributed by atoms with van der Waals surface area (Å²) >= 11 is 0. The second-order valence-electron chi connectivity index (χ2n) is 18.1. The van der Waals surface area contributed by atoms with Crippen LogP contribution in [0.4, 0.5) is 17.1 Å². The Hall–Kier alpha value is -8.14. The number of fused-ring (bicyclic) bond motifs is 9. The average Bonchev–Trinajstić information content (AvgIpc) is 3.84. The van der Waals surface area contributed by atoms with Crippen LogP contribution in [0.2, 0.25) is 0 Å². The van der Waals surface area contributed by atoms with Gasteiger partial charge in [0, 0.05) is 50.4 Å². The first-order valence-electron chi connectivity index (χ1n) is 22.6. The summed E-state index contributed by atoms with van der Waals surface area (Å²) < 4.78 is 9.32. The van der Waals surface area contributed by atoms with Gasteiger partial charge in [-0.15, -0.1) is 0 Å². The lowest BCUT2D eigenvalue weighted by atomic mass is 9.67. The van der Waals surface area contributed by atoms with Crippen LogP contribution >= 0.6 is 0 Å². The minimum Gasteiger partial charge on any atom is -0.457 e. The highest BCUT2D eigenvalue weighted by atomic mass is 16.5. The average molecular weight is 833 g/mol. The predicted molar refractivity (Wildman–Crippen MR) is 269 cm³/mol. The van der Waals surface area contributed by atoms with Gasteiger partial charge in [-0.25, -0.2) is 0 Å². The van der Waals surface area contributed by atoms with Gasteiger partial charge in [0.25, 0.3) is 0 Å². The Balaban J connectivity index is 1.12. The van der Waals surface area contributed by atoms with E-state index in [0.29, 0.717) is 0 Å². The number of hydrogen-bond acceptors (Lipinski definition) is 2. The van der Waals surface area contributed by atoms with Gasteiger partial charge in [0.2, 0.25) is 0 Å². The minimum atomic E-state index is -0.627. The third kappa shape index (κ3) is 5.42. The van der Waals surface area contributed by atoms with Crippen LogP contribution in [0, 0.1) is 0 Å². The summed E-state index contributed by atoms with van der Waals surface area (Å²) in [4.78, 5) is 2.48. The summed E-state index contributed by atoms with van der Waals surface area (Å²) in [5.41, 5.74) is 15.6.